The highest BCUT2D eigenvalue weighted by Crippen LogP contribution is 2.30. The number of likely N-dealkylation sites (N-methyl/N-ethyl adjacent to an activating group) is 1. The summed E-state index contributed by atoms with van der Waals surface area (Å²) in [6, 6.07) is 5.08. The Hall–Kier alpha value is -1.63. The molecule has 1 aromatic heterocycles. The summed E-state index contributed by atoms with van der Waals surface area (Å²) in [6.07, 6.45) is 1.61. The Kier molecular flexibility index (Phi) is 5.85. The van der Waals surface area contributed by atoms with Crippen LogP contribution in [0.2, 0.25) is 10.0 Å². The summed E-state index contributed by atoms with van der Waals surface area (Å²) < 4.78 is 0. The molecule has 1 saturated heterocycles. The van der Waals surface area contributed by atoms with Gasteiger partial charge in [0.25, 0.3) is 0 Å². The maximum atomic E-state index is 12.6. The molecule has 1 aliphatic heterocycles. The first-order chi connectivity index (χ1) is 12.4. The molecule has 1 aromatic carbocycles. The molecule has 5 nitrogen and oxygen atoms in total. The molecule has 0 aliphatic carbocycles. The van der Waals surface area contributed by atoms with Crippen LogP contribution in [0.4, 0.5) is 5.13 Å². The van der Waals surface area contributed by atoms with Gasteiger partial charge in [0.2, 0.25) is 11.8 Å². The second-order valence-electron chi connectivity index (χ2n) is 6.29. The van der Waals surface area contributed by atoms with Gasteiger partial charge < -0.3 is 4.90 Å². The normalized spacial score (nSPS) is 15.4. The molecule has 8 heteroatoms. The largest absolute Gasteiger partial charge is 0.339 e. The summed E-state index contributed by atoms with van der Waals surface area (Å²) >= 11 is 13.6. The molecule has 2 heterocycles. The lowest BCUT2D eigenvalue weighted by Crippen LogP contribution is -2.31. The van der Waals surface area contributed by atoms with Crippen LogP contribution in [0, 0.1) is 0 Å². The Balaban J connectivity index is 1.67. The van der Waals surface area contributed by atoms with Gasteiger partial charge in [-0.25, -0.2) is 4.98 Å². The second kappa shape index (κ2) is 7.94. The minimum atomic E-state index is -0.189. The Morgan fingerprint density at radius 1 is 1.42 bits per heavy atom. The van der Waals surface area contributed by atoms with Gasteiger partial charge in [-0.2, -0.15) is 0 Å². The Labute approximate surface area is 166 Å². The standard InChI is InChI=1S/C18H19Cl2N3O2S/c1-11(14-6-5-12(19)8-15(14)20)22(2)17(25)9-13-10-26-18(21-13)23-7-3-4-16(23)24/h5-6,8,10-11H,3-4,7,9H2,1-2H3. The van der Waals surface area contributed by atoms with E-state index >= 15 is 0 Å². The summed E-state index contributed by atoms with van der Waals surface area (Å²) in [6.45, 7) is 2.62. The van der Waals surface area contributed by atoms with Crippen molar-refractivity contribution in [1.29, 1.82) is 0 Å². The molecule has 0 saturated carbocycles. The van der Waals surface area contributed by atoms with Crippen LogP contribution in [-0.4, -0.2) is 35.3 Å². The number of nitrogens with zero attached hydrogens (tertiary/aromatic N) is 3. The summed E-state index contributed by atoms with van der Waals surface area (Å²) in [7, 11) is 1.75. The van der Waals surface area contributed by atoms with E-state index in [0.717, 1.165) is 12.0 Å². The van der Waals surface area contributed by atoms with Crippen molar-refractivity contribution >= 4 is 51.5 Å². The minimum Gasteiger partial charge on any atom is -0.339 e. The second-order valence-corrected chi connectivity index (χ2v) is 7.97. The van der Waals surface area contributed by atoms with Crippen LogP contribution in [0.25, 0.3) is 0 Å². The Morgan fingerprint density at radius 3 is 2.85 bits per heavy atom. The number of carbonyl (C=O) groups is 2. The fourth-order valence-corrected chi connectivity index (χ4v) is 4.33. The molecule has 1 atom stereocenters. The maximum absolute atomic E-state index is 12.6. The van der Waals surface area contributed by atoms with Gasteiger partial charge in [-0.05, 0) is 31.0 Å². The first kappa shape index (κ1) is 19.1. The van der Waals surface area contributed by atoms with Crippen LogP contribution < -0.4 is 4.90 Å². The third-order valence-electron chi connectivity index (χ3n) is 4.56. The molecule has 1 aliphatic rings. The third kappa shape index (κ3) is 4.03. The number of halogens is 2. The van der Waals surface area contributed by atoms with Crippen LogP contribution in [0.15, 0.2) is 23.6 Å². The van der Waals surface area contributed by atoms with E-state index in [9.17, 15) is 9.59 Å². The fraction of sp³-hybridized carbons (Fsp3) is 0.389. The first-order valence-electron chi connectivity index (χ1n) is 8.32. The van der Waals surface area contributed by atoms with Crippen molar-refractivity contribution in [3.05, 3.63) is 44.9 Å². The highest BCUT2D eigenvalue weighted by atomic mass is 35.5. The Morgan fingerprint density at radius 2 is 2.19 bits per heavy atom. The number of amides is 2. The van der Waals surface area contributed by atoms with Gasteiger partial charge in [-0.15, -0.1) is 11.3 Å². The number of anilines is 1. The van der Waals surface area contributed by atoms with Crippen molar-refractivity contribution in [2.24, 2.45) is 0 Å². The fourth-order valence-electron chi connectivity index (χ4n) is 2.90. The molecule has 0 N–H and O–H groups in total. The summed E-state index contributed by atoms with van der Waals surface area (Å²) in [4.78, 5) is 32.3. The van der Waals surface area contributed by atoms with Crippen LogP contribution in [0.5, 0.6) is 0 Å². The van der Waals surface area contributed by atoms with Crippen molar-refractivity contribution in [2.75, 3.05) is 18.5 Å². The predicted octanol–water partition coefficient (Wildman–Crippen LogP) is 4.34. The predicted molar refractivity (Wildman–Crippen MR) is 105 cm³/mol. The van der Waals surface area contributed by atoms with Crippen LogP contribution in [0.1, 0.15) is 37.1 Å². The Bertz CT molecular complexity index is 840. The van der Waals surface area contributed by atoms with E-state index in [0.29, 0.717) is 33.8 Å². The molecule has 1 fully saturated rings. The minimum absolute atomic E-state index is 0.0619. The van der Waals surface area contributed by atoms with E-state index in [-0.39, 0.29) is 24.3 Å². The highest BCUT2D eigenvalue weighted by Gasteiger charge is 2.25. The average Bonchev–Trinajstić information content (AvgIpc) is 3.22. The topological polar surface area (TPSA) is 53.5 Å². The number of rotatable bonds is 5. The van der Waals surface area contributed by atoms with Gasteiger partial charge >= 0.3 is 0 Å². The van der Waals surface area contributed by atoms with Gasteiger partial charge in [-0.3, -0.25) is 14.5 Å². The van der Waals surface area contributed by atoms with E-state index in [1.165, 1.54) is 11.3 Å². The van der Waals surface area contributed by atoms with Gasteiger partial charge in [0, 0.05) is 35.4 Å². The zero-order valence-corrected chi connectivity index (χ0v) is 16.9. The molecule has 2 amide bonds. The highest BCUT2D eigenvalue weighted by molar-refractivity contribution is 7.14. The number of thiazole rings is 1. The molecule has 26 heavy (non-hydrogen) atoms. The summed E-state index contributed by atoms with van der Waals surface area (Å²) in [5.41, 5.74) is 1.52. The maximum Gasteiger partial charge on any atom is 0.228 e. The van der Waals surface area contributed by atoms with Crippen molar-refractivity contribution in [2.45, 2.75) is 32.2 Å². The SMILES string of the molecule is CC(c1ccc(Cl)cc1Cl)N(C)C(=O)Cc1csc(N2CCCC2=O)n1. The molecular formula is C18H19Cl2N3O2S. The number of hydrogen-bond acceptors (Lipinski definition) is 4. The lowest BCUT2D eigenvalue weighted by atomic mass is 10.1. The van der Waals surface area contributed by atoms with Crippen LogP contribution >= 0.6 is 34.5 Å². The van der Waals surface area contributed by atoms with Crippen molar-refractivity contribution in [1.82, 2.24) is 9.88 Å². The monoisotopic (exact) mass is 411 g/mol. The molecule has 138 valence electrons. The smallest absolute Gasteiger partial charge is 0.228 e. The van der Waals surface area contributed by atoms with Gasteiger partial charge in [-0.1, -0.05) is 29.3 Å². The van der Waals surface area contributed by atoms with Crippen molar-refractivity contribution in [3.8, 4) is 0 Å². The first-order valence-corrected chi connectivity index (χ1v) is 9.95. The van der Waals surface area contributed by atoms with E-state index in [4.69, 9.17) is 23.2 Å². The lowest BCUT2D eigenvalue weighted by molar-refractivity contribution is -0.131. The third-order valence-corrected chi connectivity index (χ3v) is 6.04. The molecule has 0 bridgehead atoms. The number of hydrogen-bond donors (Lipinski definition) is 0. The van der Waals surface area contributed by atoms with E-state index < -0.39 is 0 Å². The zero-order chi connectivity index (χ0) is 18.8. The average molecular weight is 412 g/mol. The molecule has 2 aromatic rings. The van der Waals surface area contributed by atoms with E-state index in [1.807, 2.05) is 18.4 Å². The van der Waals surface area contributed by atoms with E-state index in [1.54, 1.807) is 29.0 Å². The van der Waals surface area contributed by atoms with Gasteiger partial charge in [0.15, 0.2) is 5.13 Å². The van der Waals surface area contributed by atoms with Crippen LogP contribution in [0.3, 0.4) is 0 Å². The number of carbonyl (C=O) groups excluding carboxylic acids is 2. The lowest BCUT2D eigenvalue weighted by Gasteiger charge is -2.26. The van der Waals surface area contributed by atoms with Crippen molar-refractivity contribution < 1.29 is 9.59 Å². The molecule has 0 spiro atoms. The summed E-state index contributed by atoms with van der Waals surface area (Å²) in [5, 5.41) is 3.61. The summed E-state index contributed by atoms with van der Waals surface area (Å²) in [5.74, 6) is 0.0356. The number of benzene rings is 1. The van der Waals surface area contributed by atoms with Gasteiger partial charge in [0.1, 0.15) is 0 Å². The molecule has 1 unspecified atom stereocenters. The molecule has 0 radical (unpaired) electrons. The zero-order valence-electron chi connectivity index (χ0n) is 14.5. The van der Waals surface area contributed by atoms with Crippen molar-refractivity contribution in [3.63, 3.8) is 0 Å². The van der Waals surface area contributed by atoms with Gasteiger partial charge in [0.05, 0.1) is 18.2 Å². The molecular weight excluding hydrogens is 393 g/mol. The molecule has 3 rings (SSSR count). The number of aromatic nitrogens is 1. The quantitative estimate of drug-likeness (QED) is 0.734. The van der Waals surface area contributed by atoms with E-state index in [2.05, 4.69) is 4.98 Å². The van der Waals surface area contributed by atoms with Crippen LogP contribution in [-0.2, 0) is 16.0 Å².